The maximum Gasteiger partial charge on any atom is 0.306 e. The highest BCUT2D eigenvalue weighted by molar-refractivity contribution is 5.69. The molecule has 0 saturated carbocycles. The van der Waals surface area contributed by atoms with Crippen molar-refractivity contribution in [3.63, 3.8) is 0 Å². The molecule has 94 valence electrons. The van der Waals surface area contributed by atoms with Gasteiger partial charge in [0.2, 0.25) is 0 Å². The third kappa shape index (κ3) is 5.45. The lowest BCUT2D eigenvalue weighted by Crippen LogP contribution is -2.25. The van der Waals surface area contributed by atoms with Gasteiger partial charge < -0.3 is 10.0 Å². The van der Waals surface area contributed by atoms with Crippen molar-refractivity contribution in [3.8, 4) is 0 Å². The fourth-order valence-electron chi connectivity index (χ4n) is 1.52. The first kappa shape index (κ1) is 13.6. The van der Waals surface area contributed by atoms with Crippen molar-refractivity contribution in [2.45, 2.75) is 19.8 Å². The van der Waals surface area contributed by atoms with E-state index in [2.05, 4.69) is 9.88 Å². The third-order valence-corrected chi connectivity index (χ3v) is 2.90. The van der Waals surface area contributed by atoms with E-state index < -0.39 is 5.97 Å². The van der Waals surface area contributed by atoms with Crippen molar-refractivity contribution in [3.05, 3.63) is 30.1 Å². The van der Waals surface area contributed by atoms with Crippen LogP contribution in [-0.2, 0) is 11.2 Å². The number of aromatic nitrogens is 1. The molecule has 1 heterocycles. The minimum absolute atomic E-state index is 0.265. The smallest absolute Gasteiger partial charge is 0.306 e. The van der Waals surface area contributed by atoms with E-state index in [0.29, 0.717) is 6.42 Å². The molecule has 0 saturated heterocycles. The third-order valence-electron chi connectivity index (χ3n) is 2.90. The standard InChI is InChI=1S/C13H20N2O2/c1-11(13(16)17)5-9-15(2)10-6-12-3-7-14-8-4-12/h3-4,7-8,11H,5-6,9-10H2,1-2H3,(H,16,17). The first-order chi connectivity index (χ1) is 8.09. The Kier molecular flexibility index (Phi) is 5.63. The molecule has 1 atom stereocenters. The molecule has 1 aromatic rings. The molecular formula is C13H20N2O2. The van der Waals surface area contributed by atoms with E-state index in [1.807, 2.05) is 19.2 Å². The minimum Gasteiger partial charge on any atom is -0.481 e. The number of rotatable bonds is 7. The number of carboxylic acids is 1. The highest BCUT2D eigenvalue weighted by Gasteiger charge is 2.11. The van der Waals surface area contributed by atoms with Gasteiger partial charge in [-0.3, -0.25) is 9.78 Å². The van der Waals surface area contributed by atoms with Gasteiger partial charge in [0.15, 0.2) is 0 Å². The number of aliphatic carboxylic acids is 1. The highest BCUT2D eigenvalue weighted by atomic mass is 16.4. The molecule has 0 aromatic carbocycles. The summed E-state index contributed by atoms with van der Waals surface area (Å²) in [5.74, 6) is -0.981. The van der Waals surface area contributed by atoms with E-state index in [1.54, 1.807) is 19.3 Å². The lowest BCUT2D eigenvalue weighted by molar-refractivity contribution is -0.141. The molecule has 0 aliphatic carbocycles. The quantitative estimate of drug-likeness (QED) is 0.782. The summed E-state index contributed by atoms with van der Waals surface area (Å²) in [5.41, 5.74) is 1.26. The van der Waals surface area contributed by atoms with Crippen LogP contribution in [0.1, 0.15) is 18.9 Å². The van der Waals surface area contributed by atoms with Crippen LogP contribution in [0.25, 0.3) is 0 Å². The lowest BCUT2D eigenvalue weighted by atomic mass is 10.1. The second kappa shape index (κ2) is 7.01. The summed E-state index contributed by atoms with van der Waals surface area (Å²) in [6.45, 7) is 3.51. The number of hydrogen-bond acceptors (Lipinski definition) is 3. The van der Waals surface area contributed by atoms with E-state index >= 15 is 0 Å². The predicted octanol–water partition coefficient (Wildman–Crippen LogP) is 1.67. The van der Waals surface area contributed by atoms with E-state index in [1.165, 1.54) is 5.56 Å². The SMILES string of the molecule is CC(CCN(C)CCc1ccncc1)C(=O)O. The van der Waals surface area contributed by atoms with Gasteiger partial charge in [-0.25, -0.2) is 0 Å². The zero-order valence-electron chi connectivity index (χ0n) is 10.5. The monoisotopic (exact) mass is 236 g/mol. The maximum atomic E-state index is 10.7. The topological polar surface area (TPSA) is 53.4 Å². The Morgan fingerprint density at radius 2 is 2.06 bits per heavy atom. The Balaban J connectivity index is 2.22. The Hall–Kier alpha value is -1.42. The zero-order chi connectivity index (χ0) is 12.7. The maximum absolute atomic E-state index is 10.7. The number of nitrogens with zero attached hydrogens (tertiary/aromatic N) is 2. The summed E-state index contributed by atoms with van der Waals surface area (Å²) < 4.78 is 0. The Labute approximate surface area is 102 Å². The largest absolute Gasteiger partial charge is 0.481 e. The Morgan fingerprint density at radius 3 is 2.65 bits per heavy atom. The minimum atomic E-state index is -0.715. The molecular weight excluding hydrogens is 216 g/mol. The van der Waals surface area contributed by atoms with Gasteiger partial charge in [-0.05, 0) is 44.1 Å². The zero-order valence-corrected chi connectivity index (χ0v) is 10.5. The van der Waals surface area contributed by atoms with Crippen LogP contribution in [0.4, 0.5) is 0 Å². The van der Waals surface area contributed by atoms with Gasteiger partial charge in [0.1, 0.15) is 0 Å². The second-order valence-corrected chi connectivity index (χ2v) is 4.44. The van der Waals surface area contributed by atoms with Crippen LogP contribution in [0.5, 0.6) is 0 Å². The summed E-state index contributed by atoms with van der Waals surface area (Å²) in [4.78, 5) is 16.8. The average Bonchev–Trinajstić information content (AvgIpc) is 2.34. The molecule has 0 spiro atoms. The molecule has 1 N–H and O–H groups in total. The van der Waals surface area contributed by atoms with Crippen LogP contribution in [-0.4, -0.2) is 41.1 Å². The summed E-state index contributed by atoms with van der Waals surface area (Å²) in [6, 6.07) is 4.02. The fraction of sp³-hybridized carbons (Fsp3) is 0.538. The molecule has 0 bridgehead atoms. The van der Waals surface area contributed by atoms with Crippen molar-refractivity contribution in [1.29, 1.82) is 0 Å². The molecule has 0 aliphatic rings. The molecule has 1 rings (SSSR count). The van der Waals surface area contributed by atoms with Crippen LogP contribution in [0.15, 0.2) is 24.5 Å². The predicted molar refractivity (Wildman–Crippen MR) is 66.9 cm³/mol. The van der Waals surface area contributed by atoms with Gasteiger partial charge >= 0.3 is 5.97 Å². The van der Waals surface area contributed by atoms with Crippen molar-refractivity contribution >= 4 is 5.97 Å². The van der Waals surface area contributed by atoms with Gasteiger partial charge in [-0.15, -0.1) is 0 Å². The molecule has 17 heavy (non-hydrogen) atoms. The Morgan fingerprint density at radius 1 is 1.41 bits per heavy atom. The number of carboxylic acid groups (broad SMARTS) is 1. The lowest BCUT2D eigenvalue weighted by Gasteiger charge is -2.17. The van der Waals surface area contributed by atoms with Gasteiger partial charge in [-0.1, -0.05) is 6.92 Å². The number of hydrogen-bond donors (Lipinski definition) is 1. The summed E-state index contributed by atoms with van der Waals surface area (Å²) in [7, 11) is 2.02. The van der Waals surface area contributed by atoms with Crippen LogP contribution in [0.2, 0.25) is 0 Å². The average molecular weight is 236 g/mol. The van der Waals surface area contributed by atoms with Gasteiger partial charge in [0.05, 0.1) is 5.92 Å². The summed E-state index contributed by atoms with van der Waals surface area (Å²) in [6.07, 6.45) is 5.26. The van der Waals surface area contributed by atoms with E-state index in [4.69, 9.17) is 5.11 Å². The molecule has 1 unspecified atom stereocenters. The number of carbonyl (C=O) groups is 1. The van der Waals surface area contributed by atoms with Crippen molar-refractivity contribution in [2.24, 2.45) is 5.92 Å². The van der Waals surface area contributed by atoms with Crippen LogP contribution in [0, 0.1) is 5.92 Å². The van der Waals surface area contributed by atoms with Crippen molar-refractivity contribution < 1.29 is 9.90 Å². The Bertz CT molecular complexity index is 341. The van der Waals surface area contributed by atoms with Crippen molar-refractivity contribution in [1.82, 2.24) is 9.88 Å². The van der Waals surface area contributed by atoms with Crippen LogP contribution >= 0.6 is 0 Å². The highest BCUT2D eigenvalue weighted by Crippen LogP contribution is 2.04. The van der Waals surface area contributed by atoms with Crippen LogP contribution < -0.4 is 0 Å². The molecule has 4 nitrogen and oxygen atoms in total. The molecule has 0 fully saturated rings. The molecule has 0 radical (unpaired) electrons. The molecule has 4 heteroatoms. The van der Waals surface area contributed by atoms with E-state index in [9.17, 15) is 4.79 Å². The van der Waals surface area contributed by atoms with Gasteiger partial charge in [-0.2, -0.15) is 0 Å². The molecule has 1 aromatic heterocycles. The van der Waals surface area contributed by atoms with E-state index in [-0.39, 0.29) is 5.92 Å². The fourth-order valence-corrected chi connectivity index (χ4v) is 1.52. The number of likely N-dealkylation sites (N-methyl/N-ethyl adjacent to an activating group) is 1. The molecule has 0 amide bonds. The first-order valence-corrected chi connectivity index (χ1v) is 5.90. The van der Waals surface area contributed by atoms with Crippen molar-refractivity contribution in [2.75, 3.05) is 20.1 Å². The first-order valence-electron chi connectivity index (χ1n) is 5.90. The van der Waals surface area contributed by atoms with Crippen LogP contribution in [0.3, 0.4) is 0 Å². The van der Waals surface area contributed by atoms with Gasteiger partial charge in [0, 0.05) is 18.9 Å². The molecule has 0 aliphatic heterocycles. The van der Waals surface area contributed by atoms with E-state index in [0.717, 1.165) is 19.5 Å². The summed E-state index contributed by atoms with van der Waals surface area (Å²) >= 11 is 0. The number of pyridine rings is 1. The summed E-state index contributed by atoms with van der Waals surface area (Å²) in [5, 5.41) is 8.78. The normalized spacial score (nSPS) is 12.6. The van der Waals surface area contributed by atoms with Gasteiger partial charge in [0.25, 0.3) is 0 Å². The second-order valence-electron chi connectivity index (χ2n) is 4.44.